The monoisotopic (exact) mass is 334 g/mol. The molecular weight excluding hydrogens is 312 g/mol. The maximum Gasteiger partial charge on any atom is 0.132 e. The van der Waals surface area contributed by atoms with Crippen molar-refractivity contribution in [2.75, 3.05) is 33.9 Å². The molecule has 2 heterocycles. The lowest BCUT2D eigenvalue weighted by atomic mass is 10.2. The molecular formula is C17H22N2O3S. The summed E-state index contributed by atoms with van der Waals surface area (Å²) in [6, 6.07) is 5.82. The topological polar surface area (TPSA) is 43.8 Å². The first-order valence-corrected chi connectivity index (χ1v) is 8.58. The maximum absolute atomic E-state index is 5.58. The number of morpholine rings is 1. The van der Waals surface area contributed by atoms with E-state index in [-0.39, 0.29) is 0 Å². The molecule has 1 atom stereocenters. The van der Waals surface area contributed by atoms with Crippen molar-refractivity contribution in [1.82, 2.24) is 9.88 Å². The second kappa shape index (κ2) is 7.29. The van der Waals surface area contributed by atoms with Crippen LogP contribution in [0.25, 0.3) is 10.6 Å². The molecule has 23 heavy (non-hydrogen) atoms. The molecule has 0 N–H and O–H groups in total. The van der Waals surface area contributed by atoms with Crippen molar-refractivity contribution in [1.29, 1.82) is 0 Å². The molecule has 1 aliphatic rings. The van der Waals surface area contributed by atoms with Crippen LogP contribution >= 0.6 is 11.3 Å². The summed E-state index contributed by atoms with van der Waals surface area (Å²) >= 11 is 1.65. The van der Waals surface area contributed by atoms with E-state index in [1.807, 2.05) is 18.2 Å². The molecule has 1 fully saturated rings. The second-order valence-corrected chi connectivity index (χ2v) is 6.48. The second-order valence-electron chi connectivity index (χ2n) is 5.63. The average Bonchev–Trinajstić information content (AvgIpc) is 3.02. The van der Waals surface area contributed by atoms with Crippen LogP contribution in [0.5, 0.6) is 11.5 Å². The van der Waals surface area contributed by atoms with Gasteiger partial charge in [0.2, 0.25) is 0 Å². The van der Waals surface area contributed by atoms with Crippen molar-refractivity contribution in [2.24, 2.45) is 0 Å². The molecule has 1 saturated heterocycles. The predicted octanol–water partition coefficient (Wildman–Crippen LogP) is 3.05. The van der Waals surface area contributed by atoms with Crippen molar-refractivity contribution in [2.45, 2.75) is 19.6 Å². The lowest BCUT2D eigenvalue weighted by Crippen LogP contribution is -2.40. The first-order chi connectivity index (χ1) is 11.2. The van der Waals surface area contributed by atoms with Crippen LogP contribution in [0.2, 0.25) is 0 Å². The fourth-order valence-corrected chi connectivity index (χ4v) is 3.58. The molecule has 6 heteroatoms. The Morgan fingerprint density at radius 3 is 2.96 bits per heavy atom. The summed E-state index contributed by atoms with van der Waals surface area (Å²) in [6.07, 6.45) is 0.295. The maximum atomic E-state index is 5.58. The van der Waals surface area contributed by atoms with Crippen LogP contribution in [-0.2, 0) is 11.3 Å². The van der Waals surface area contributed by atoms with Gasteiger partial charge in [-0.25, -0.2) is 4.98 Å². The largest absolute Gasteiger partial charge is 0.497 e. The summed E-state index contributed by atoms with van der Waals surface area (Å²) in [5.74, 6) is 1.56. The number of ether oxygens (including phenoxy) is 3. The highest BCUT2D eigenvalue weighted by Gasteiger charge is 2.18. The summed E-state index contributed by atoms with van der Waals surface area (Å²) in [7, 11) is 3.32. The van der Waals surface area contributed by atoms with Crippen LogP contribution in [0.3, 0.4) is 0 Å². The highest BCUT2D eigenvalue weighted by molar-refractivity contribution is 7.13. The van der Waals surface area contributed by atoms with Gasteiger partial charge in [0.25, 0.3) is 0 Å². The van der Waals surface area contributed by atoms with Crippen molar-refractivity contribution in [3.05, 3.63) is 29.3 Å². The van der Waals surface area contributed by atoms with Gasteiger partial charge in [-0.3, -0.25) is 4.90 Å². The minimum Gasteiger partial charge on any atom is -0.497 e. The van der Waals surface area contributed by atoms with Crippen LogP contribution in [0.15, 0.2) is 23.6 Å². The van der Waals surface area contributed by atoms with E-state index in [4.69, 9.17) is 19.2 Å². The average molecular weight is 334 g/mol. The Kier molecular flexibility index (Phi) is 5.15. The molecule has 1 unspecified atom stereocenters. The Morgan fingerprint density at radius 2 is 2.22 bits per heavy atom. The fourth-order valence-electron chi connectivity index (χ4n) is 2.74. The fraction of sp³-hybridized carbons (Fsp3) is 0.471. The van der Waals surface area contributed by atoms with Gasteiger partial charge in [-0.05, 0) is 19.1 Å². The Labute approximate surface area is 140 Å². The Bertz CT molecular complexity index is 659. The molecule has 1 aromatic carbocycles. The van der Waals surface area contributed by atoms with E-state index in [1.54, 1.807) is 25.6 Å². The van der Waals surface area contributed by atoms with Gasteiger partial charge in [0.15, 0.2) is 0 Å². The number of hydrogen-bond acceptors (Lipinski definition) is 6. The van der Waals surface area contributed by atoms with Crippen LogP contribution in [0.1, 0.15) is 12.6 Å². The Hall–Kier alpha value is -1.63. The quantitative estimate of drug-likeness (QED) is 0.841. The van der Waals surface area contributed by atoms with Crippen molar-refractivity contribution < 1.29 is 14.2 Å². The molecule has 3 rings (SSSR count). The molecule has 0 amide bonds. The standard InChI is InChI=1S/C17H22N2O3S/c1-12-9-19(6-7-22-12)10-13-11-23-17(18-13)15-5-4-14(20-2)8-16(15)21-3/h4-5,8,11-12H,6-7,9-10H2,1-3H3. The SMILES string of the molecule is COc1ccc(-c2nc(CN3CCOC(C)C3)cs2)c(OC)c1. The third-order valence-corrected chi connectivity index (χ3v) is 4.83. The molecule has 0 radical (unpaired) electrons. The number of benzene rings is 1. The minimum atomic E-state index is 0.295. The number of hydrogen-bond donors (Lipinski definition) is 0. The third kappa shape index (κ3) is 3.83. The zero-order valence-corrected chi connectivity index (χ0v) is 14.6. The molecule has 0 spiro atoms. The lowest BCUT2D eigenvalue weighted by molar-refractivity contribution is -0.0215. The van der Waals surface area contributed by atoms with Crippen molar-refractivity contribution in [3.63, 3.8) is 0 Å². The smallest absolute Gasteiger partial charge is 0.132 e. The molecule has 0 bridgehead atoms. The normalized spacial score (nSPS) is 18.8. The molecule has 0 aliphatic carbocycles. The van der Waals surface area contributed by atoms with E-state index >= 15 is 0 Å². The van der Waals surface area contributed by atoms with Gasteiger partial charge in [-0.2, -0.15) is 0 Å². The number of thiazole rings is 1. The Morgan fingerprint density at radius 1 is 1.35 bits per heavy atom. The lowest BCUT2D eigenvalue weighted by Gasteiger charge is -2.30. The molecule has 2 aromatic rings. The predicted molar refractivity (Wildman–Crippen MR) is 91.3 cm³/mol. The highest BCUT2D eigenvalue weighted by Crippen LogP contribution is 2.35. The molecule has 5 nitrogen and oxygen atoms in total. The summed E-state index contributed by atoms with van der Waals surface area (Å²) < 4.78 is 16.3. The zero-order valence-electron chi connectivity index (χ0n) is 13.7. The van der Waals surface area contributed by atoms with Crippen molar-refractivity contribution >= 4 is 11.3 Å². The van der Waals surface area contributed by atoms with E-state index in [9.17, 15) is 0 Å². The van der Waals surface area contributed by atoms with Crippen molar-refractivity contribution in [3.8, 4) is 22.1 Å². The van der Waals surface area contributed by atoms with Gasteiger partial charge in [-0.15, -0.1) is 11.3 Å². The summed E-state index contributed by atoms with van der Waals surface area (Å²) in [6.45, 7) is 5.69. The molecule has 1 aromatic heterocycles. The van der Waals surface area contributed by atoms with Crippen LogP contribution in [0.4, 0.5) is 0 Å². The molecule has 124 valence electrons. The summed E-state index contributed by atoms with van der Waals surface area (Å²) in [5, 5.41) is 3.10. The van der Waals surface area contributed by atoms with E-state index in [2.05, 4.69) is 17.2 Å². The number of rotatable bonds is 5. The molecule has 1 aliphatic heterocycles. The number of aromatic nitrogens is 1. The van der Waals surface area contributed by atoms with E-state index in [0.29, 0.717) is 6.10 Å². The summed E-state index contributed by atoms with van der Waals surface area (Å²) in [5.41, 5.74) is 2.09. The van der Waals surface area contributed by atoms with Crippen LogP contribution < -0.4 is 9.47 Å². The highest BCUT2D eigenvalue weighted by atomic mass is 32.1. The Balaban J connectivity index is 1.76. The minimum absolute atomic E-state index is 0.295. The van der Waals surface area contributed by atoms with E-state index in [0.717, 1.165) is 54.0 Å². The van der Waals surface area contributed by atoms with Crippen LogP contribution in [0, 0.1) is 0 Å². The first kappa shape index (κ1) is 16.2. The van der Waals surface area contributed by atoms with Gasteiger partial charge in [0.05, 0.1) is 38.2 Å². The first-order valence-electron chi connectivity index (χ1n) is 7.70. The zero-order chi connectivity index (χ0) is 16.2. The summed E-state index contributed by atoms with van der Waals surface area (Å²) in [4.78, 5) is 7.17. The molecule has 0 saturated carbocycles. The van der Waals surface area contributed by atoms with E-state index < -0.39 is 0 Å². The van der Waals surface area contributed by atoms with E-state index in [1.165, 1.54) is 0 Å². The van der Waals surface area contributed by atoms with Gasteiger partial charge in [0.1, 0.15) is 16.5 Å². The third-order valence-electron chi connectivity index (χ3n) is 3.90. The van der Waals surface area contributed by atoms with Gasteiger partial charge >= 0.3 is 0 Å². The van der Waals surface area contributed by atoms with Gasteiger partial charge < -0.3 is 14.2 Å². The van der Waals surface area contributed by atoms with Gasteiger partial charge in [0, 0.05) is 31.1 Å². The number of nitrogens with zero attached hydrogens (tertiary/aromatic N) is 2. The number of methoxy groups -OCH3 is 2. The van der Waals surface area contributed by atoms with Crippen LogP contribution in [-0.4, -0.2) is 49.9 Å². The van der Waals surface area contributed by atoms with Gasteiger partial charge in [-0.1, -0.05) is 0 Å².